The number of nitrogens with one attached hydrogen (secondary N) is 2. The number of urea groups is 1. The van der Waals surface area contributed by atoms with E-state index in [2.05, 4.69) is 10.6 Å². The van der Waals surface area contributed by atoms with Crippen molar-refractivity contribution >= 4 is 12.0 Å². The fraction of sp³-hybridized carbons (Fsp3) is 0.857. The Bertz CT molecular complexity index is 353. The van der Waals surface area contributed by atoms with Crippen LogP contribution in [0.3, 0.4) is 0 Å². The number of amides is 2. The van der Waals surface area contributed by atoms with Gasteiger partial charge in [-0.15, -0.1) is 0 Å². The fourth-order valence-corrected chi connectivity index (χ4v) is 3.18. The number of hydrogen-bond donors (Lipinski definition) is 3. The number of carbonyl (C=O) groups is 2. The first kappa shape index (κ1) is 15.1. The molecule has 0 saturated heterocycles. The van der Waals surface area contributed by atoms with Crippen molar-refractivity contribution in [1.82, 2.24) is 10.6 Å². The van der Waals surface area contributed by atoms with Gasteiger partial charge in [0.2, 0.25) is 0 Å². The molecule has 0 aliphatic heterocycles. The lowest BCUT2D eigenvalue weighted by molar-refractivity contribution is -0.142. The smallest absolute Gasteiger partial charge is 0.315 e. The van der Waals surface area contributed by atoms with E-state index in [1.165, 1.54) is 0 Å². The van der Waals surface area contributed by atoms with E-state index in [9.17, 15) is 9.59 Å². The van der Waals surface area contributed by atoms with Crippen molar-refractivity contribution in [1.29, 1.82) is 0 Å². The summed E-state index contributed by atoms with van der Waals surface area (Å²) in [5.74, 6) is -0.960. The molecule has 20 heavy (non-hydrogen) atoms. The standard InChI is InChI=1S/C14H24N2O4/c1-20-12-7-6-11(8-12)16-14(19)15-10-4-2-9(3-5-10)13(17)18/h9-12H,2-8H2,1H3,(H,17,18)(H2,15,16,19). The van der Waals surface area contributed by atoms with Crippen molar-refractivity contribution in [2.24, 2.45) is 5.92 Å². The number of aliphatic carboxylic acids is 1. The van der Waals surface area contributed by atoms with E-state index in [4.69, 9.17) is 9.84 Å². The van der Waals surface area contributed by atoms with Gasteiger partial charge >= 0.3 is 12.0 Å². The summed E-state index contributed by atoms with van der Waals surface area (Å²) in [7, 11) is 1.70. The van der Waals surface area contributed by atoms with E-state index in [0.29, 0.717) is 12.8 Å². The van der Waals surface area contributed by atoms with Crippen molar-refractivity contribution in [3.63, 3.8) is 0 Å². The number of carboxylic acids is 1. The second-order valence-corrected chi connectivity index (χ2v) is 5.87. The summed E-state index contributed by atoms with van der Waals surface area (Å²) in [5, 5.41) is 14.9. The molecule has 0 bridgehead atoms. The average molecular weight is 284 g/mol. The number of rotatable bonds is 4. The molecule has 2 aliphatic rings. The van der Waals surface area contributed by atoms with Crippen LogP contribution in [0.25, 0.3) is 0 Å². The summed E-state index contributed by atoms with van der Waals surface area (Å²) in [4.78, 5) is 22.8. The molecule has 2 amide bonds. The lowest BCUT2D eigenvalue weighted by Gasteiger charge is -2.27. The quantitative estimate of drug-likeness (QED) is 0.730. The molecular weight excluding hydrogens is 260 g/mol. The summed E-state index contributed by atoms with van der Waals surface area (Å²) in [6, 6.07) is 0.158. The topological polar surface area (TPSA) is 87.7 Å². The van der Waals surface area contributed by atoms with E-state index in [0.717, 1.165) is 32.1 Å². The molecule has 2 atom stereocenters. The number of carboxylic acid groups (broad SMARTS) is 1. The van der Waals surface area contributed by atoms with Crippen LogP contribution in [0, 0.1) is 5.92 Å². The van der Waals surface area contributed by atoms with Crippen LogP contribution in [0.15, 0.2) is 0 Å². The van der Waals surface area contributed by atoms with Gasteiger partial charge in [0.25, 0.3) is 0 Å². The lowest BCUT2D eigenvalue weighted by Crippen LogP contribution is -2.47. The molecule has 0 aromatic rings. The third-order valence-electron chi connectivity index (χ3n) is 4.46. The van der Waals surface area contributed by atoms with Crippen LogP contribution in [0.4, 0.5) is 4.79 Å². The minimum Gasteiger partial charge on any atom is -0.481 e. The molecule has 2 saturated carbocycles. The number of ether oxygens (including phenoxy) is 1. The highest BCUT2D eigenvalue weighted by Gasteiger charge is 2.29. The Balaban J connectivity index is 1.67. The predicted molar refractivity (Wildman–Crippen MR) is 73.5 cm³/mol. The van der Waals surface area contributed by atoms with E-state index in [-0.39, 0.29) is 30.1 Å². The van der Waals surface area contributed by atoms with E-state index >= 15 is 0 Å². The molecule has 6 nitrogen and oxygen atoms in total. The first-order valence-corrected chi connectivity index (χ1v) is 7.41. The Morgan fingerprint density at radius 2 is 1.60 bits per heavy atom. The van der Waals surface area contributed by atoms with Gasteiger partial charge in [-0.25, -0.2) is 4.79 Å². The zero-order valence-corrected chi connectivity index (χ0v) is 11.9. The highest BCUT2D eigenvalue weighted by atomic mass is 16.5. The van der Waals surface area contributed by atoms with E-state index in [1.54, 1.807) is 7.11 Å². The second-order valence-electron chi connectivity index (χ2n) is 5.87. The zero-order valence-electron chi connectivity index (χ0n) is 11.9. The average Bonchev–Trinajstić information content (AvgIpc) is 2.86. The lowest BCUT2D eigenvalue weighted by atomic mass is 9.86. The molecule has 0 aromatic carbocycles. The van der Waals surface area contributed by atoms with Gasteiger partial charge in [-0.1, -0.05) is 0 Å². The van der Waals surface area contributed by atoms with Gasteiger partial charge in [0.1, 0.15) is 0 Å². The summed E-state index contributed by atoms with van der Waals surface area (Å²) in [6.45, 7) is 0. The van der Waals surface area contributed by atoms with Crippen LogP contribution in [0.2, 0.25) is 0 Å². The number of hydrogen-bond acceptors (Lipinski definition) is 3. The predicted octanol–water partition coefficient (Wildman–Crippen LogP) is 1.50. The highest BCUT2D eigenvalue weighted by Crippen LogP contribution is 2.25. The molecule has 6 heteroatoms. The Hall–Kier alpha value is -1.30. The summed E-state index contributed by atoms with van der Waals surface area (Å²) < 4.78 is 5.28. The van der Waals surface area contributed by atoms with Crippen molar-refractivity contribution in [3.05, 3.63) is 0 Å². The Morgan fingerprint density at radius 1 is 1.00 bits per heavy atom. The fourth-order valence-electron chi connectivity index (χ4n) is 3.18. The molecule has 0 radical (unpaired) electrons. The maximum absolute atomic E-state index is 11.9. The van der Waals surface area contributed by atoms with E-state index < -0.39 is 5.97 Å². The third kappa shape index (κ3) is 4.10. The highest BCUT2D eigenvalue weighted by molar-refractivity contribution is 5.74. The molecule has 0 aromatic heterocycles. The largest absolute Gasteiger partial charge is 0.481 e. The molecule has 2 unspecified atom stereocenters. The molecule has 3 N–H and O–H groups in total. The summed E-state index contributed by atoms with van der Waals surface area (Å²) in [5.41, 5.74) is 0. The van der Waals surface area contributed by atoms with Crippen LogP contribution in [0.1, 0.15) is 44.9 Å². The number of methoxy groups -OCH3 is 1. The van der Waals surface area contributed by atoms with Crippen LogP contribution in [0.5, 0.6) is 0 Å². The Morgan fingerprint density at radius 3 is 2.15 bits per heavy atom. The van der Waals surface area contributed by atoms with Gasteiger partial charge in [0.15, 0.2) is 0 Å². The molecule has 2 aliphatic carbocycles. The minimum absolute atomic E-state index is 0.102. The molecule has 2 rings (SSSR count). The van der Waals surface area contributed by atoms with Crippen molar-refractivity contribution in [2.75, 3.05) is 7.11 Å². The van der Waals surface area contributed by atoms with Crippen LogP contribution in [-0.4, -0.2) is 42.4 Å². The molecule has 2 fully saturated rings. The monoisotopic (exact) mass is 284 g/mol. The summed E-state index contributed by atoms with van der Waals surface area (Å²) in [6.07, 6.45) is 5.86. The van der Waals surface area contributed by atoms with Gasteiger partial charge in [-0.3, -0.25) is 4.79 Å². The normalized spacial score (nSPS) is 33.6. The Labute approximate surface area is 119 Å². The van der Waals surface area contributed by atoms with Gasteiger partial charge in [-0.05, 0) is 44.9 Å². The minimum atomic E-state index is -0.718. The van der Waals surface area contributed by atoms with Crippen LogP contribution < -0.4 is 10.6 Å². The maximum Gasteiger partial charge on any atom is 0.315 e. The zero-order chi connectivity index (χ0) is 14.5. The first-order valence-electron chi connectivity index (χ1n) is 7.41. The van der Waals surface area contributed by atoms with Gasteiger partial charge < -0.3 is 20.5 Å². The van der Waals surface area contributed by atoms with Crippen LogP contribution in [-0.2, 0) is 9.53 Å². The first-order chi connectivity index (χ1) is 9.58. The molecule has 0 spiro atoms. The van der Waals surface area contributed by atoms with Gasteiger partial charge in [0, 0.05) is 19.2 Å². The third-order valence-corrected chi connectivity index (χ3v) is 4.46. The molecule has 114 valence electrons. The SMILES string of the molecule is COC1CCC(NC(=O)NC2CCC(C(=O)O)CC2)C1. The van der Waals surface area contributed by atoms with E-state index in [1.807, 2.05) is 0 Å². The van der Waals surface area contributed by atoms with Crippen molar-refractivity contribution in [3.8, 4) is 0 Å². The van der Waals surface area contributed by atoms with Gasteiger partial charge in [0.05, 0.1) is 12.0 Å². The van der Waals surface area contributed by atoms with Gasteiger partial charge in [-0.2, -0.15) is 0 Å². The Kier molecular flexibility index (Phi) is 5.23. The second kappa shape index (κ2) is 6.92. The van der Waals surface area contributed by atoms with Crippen molar-refractivity contribution in [2.45, 2.75) is 63.1 Å². The van der Waals surface area contributed by atoms with Crippen molar-refractivity contribution < 1.29 is 19.4 Å². The van der Waals surface area contributed by atoms with Crippen LogP contribution >= 0.6 is 0 Å². The summed E-state index contributed by atoms with van der Waals surface area (Å²) >= 11 is 0. The number of carbonyl (C=O) groups excluding carboxylic acids is 1. The maximum atomic E-state index is 11.9. The molecule has 0 heterocycles. The molecular formula is C14H24N2O4.